The Balaban J connectivity index is 0.00000420. The second-order valence-corrected chi connectivity index (χ2v) is 6.51. The van der Waals surface area contributed by atoms with Crippen LogP contribution in [0.15, 0.2) is 47.5 Å². The highest BCUT2D eigenvalue weighted by Gasteiger charge is 2.09. The van der Waals surface area contributed by atoms with Gasteiger partial charge in [-0.3, -0.25) is 0 Å². The van der Waals surface area contributed by atoms with Gasteiger partial charge >= 0.3 is 0 Å². The fourth-order valence-electron chi connectivity index (χ4n) is 2.84. The lowest BCUT2D eigenvalue weighted by atomic mass is 10.1. The topological polar surface area (TPSA) is 66.3 Å². The Morgan fingerprint density at radius 2 is 1.93 bits per heavy atom. The molecule has 0 saturated carbocycles. The van der Waals surface area contributed by atoms with E-state index >= 15 is 0 Å². The third kappa shape index (κ3) is 7.74. The summed E-state index contributed by atoms with van der Waals surface area (Å²) in [7, 11) is 3.65. The van der Waals surface area contributed by atoms with E-state index in [9.17, 15) is 0 Å². The van der Waals surface area contributed by atoms with Crippen LogP contribution in [0.5, 0.6) is 11.5 Å². The van der Waals surface area contributed by atoms with Crippen LogP contribution in [0, 0.1) is 6.92 Å². The third-order valence-corrected chi connectivity index (χ3v) is 4.35. The summed E-state index contributed by atoms with van der Waals surface area (Å²) < 4.78 is 10.9. The van der Waals surface area contributed by atoms with Crippen LogP contribution in [0.25, 0.3) is 0 Å². The molecule has 2 aromatic rings. The number of hydrogen-bond donors (Lipinski definition) is 2. The number of rotatable bonds is 9. The van der Waals surface area contributed by atoms with Crippen molar-refractivity contribution in [2.24, 2.45) is 4.99 Å². The molecule has 0 amide bonds. The summed E-state index contributed by atoms with van der Waals surface area (Å²) in [6.45, 7) is 6.50. The lowest BCUT2D eigenvalue weighted by Crippen LogP contribution is -2.38. The fraction of sp³-hybridized carbons (Fsp3) is 0.409. The molecule has 0 aromatic heterocycles. The number of nitrogens with zero attached hydrogens (tertiary/aromatic N) is 2. The van der Waals surface area contributed by atoms with Gasteiger partial charge in [-0.25, -0.2) is 4.99 Å². The first-order valence-corrected chi connectivity index (χ1v) is 9.53. The molecule has 0 radical (unpaired) electrons. The maximum atomic E-state index is 8.92. The Hall–Kier alpha value is -2.00. The maximum Gasteiger partial charge on any atom is 0.194 e. The fourth-order valence-corrected chi connectivity index (χ4v) is 2.84. The molecule has 0 aliphatic rings. The summed E-state index contributed by atoms with van der Waals surface area (Å²) >= 11 is 0. The first-order valence-electron chi connectivity index (χ1n) is 9.53. The van der Waals surface area contributed by atoms with Crippen LogP contribution in [0.1, 0.15) is 23.6 Å². The molecule has 0 saturated heterocycles. The van der Waals surface area contributed by atoms with Crippen LogP contribution in [-0.2, 0) is 13.1 Å². The molecule has 7 heteroatoms. The molecule has 6 nitrogen and oxygen atoms in total. The number of aliphatic imine (C=N–C) groups is 1. The number of hydrogen-bond acceptors (Lipinski definition) is 4. The first kappa shape index (κ1) is 25.0. The summed E-state index contributed by atoms with van der Waals surface area (Å²) in [6.07, 6.45) is 0. The molecule has 0 bridgehead atoms. The Kier molecular flexibility index (Phi) is 11.5. The average molecular weight is 513 g/mol. The van der Waals surface area contributed by atoms with Gasteiger partial charge in [0.25, 0.3) is 0 Å². The van der Waals surface area contributed by atoms with Crippen molar-refractivity contribution in [2.75, 3.05) is 33.9 Å². The molecule has 29 heavy (non-hydrogen) atoms. The zero-order valence-corrected chi connectivity index (χ0v) is 20.0. The van der Waals surface area contributed by atoms with E-state index in [0.29, 0.717) is 18.0 Å². The standard InChI is InChI=1S/C22H31N3O3.HI/c1-5-23-22(25(3)16-19-9-7-6-8-17(19)2)24-15-18-10-11-20(28-13-12-26)21(14-18)27-4;/h6-11,14,26H,5,12-13,15-16H2,1-4H3,(H,23,24);1H. The highest BCUT2D eigenvalue weighted by Crippen LogP contribution is 2.28. The highest BCUT2D eigenvalue weighted by molar-refractivity contribution is 14.0. The lowest BCUT2D eigenvalue weighted by molar-refractivity contribution is 0.196. The number of aryl methyl sites for hydroxylation is 1. The maximum absolute atomic E-state index is 8.92. The summed E-state index contributed by atoms with van der Waals surface area (Å²) in [4.78, 5) is 6.90. The van der Waals surface area contributed by atoms with Crippen molar-refractivity contribution < 1.29 is 14.6 Å². The third-order valence-electron chi connectivity index (χ3n) is 4.35. The minimum Gasteiger partial charge on any atom is -0.493 e. The number of ether oxygens (including phenoxy) is 2. The van der Waals surface area contributed by atoms with Gasteiger partial charge < -0.3 is 24.8 Å². The Labute approximate surface area is 191 Å². The van der Waals surface area contributed by atoms with Gasteiger partial charge in [0.05, 0.1) is 20.3 Å². The molecule has 0 heterocycles. The van der Waals surface area contributed by atoms with Crippen LogP contribution in [0.4, 0.5) is 0 Å². The molecule has 2 N–H and O–H groups in total. The predicted octanol–water partition coefficient (Wildman–Crippen LogP) is 3.59. The summed E-state index contributed by atoms with van der Waals surface area (Å²) in [5.41, 5.74) is 3.57. The molecule has 0 aliphatic carbocycles. The van der Waals surface area contributed by atoms with E-state index in [1.165, 1.54) is 11.1 Å². The van der Waals surface area contributed by atoms with E-state index in [-0.39, 0.29) is 37.2 Å². The monoisotopic (exact) mass is 513 g/mol. The van der Waals surface area contributed by atoms with Crippen molar-refractivity contribution >= 4 is 29.9 Å². The molecule has 2 aromatic carbocycles. The summed E-state index contributed by atoms with van der Waals surface area (Å²) in [5.74, 6) is 2.11. The Bertz CT molecular complexity index is 784. The molecule has 0 aliphatic heterocycles. The molecule has 2 rings (SSSR count). The van der Waals surface area contributed by atoms with Crippen LogP contribution in [0.2, 0.25) is 0 Å². The zero-order valence-electron chi connectivity index (χ0n) is 17.6. The average Bonchev–Trinajstić information content (AvgIpc) is 2.71. The number of aliphatic hydroxyl groups is 1. The van der Waals surface area contributed by atoms with Gasteiger partial charge in [0, 0.05) is 20.1 Å². The van der Waals surface area contributed by atoms with Gasteiger partial charge in [-0.05, 0) is 42.7 Å². The van der Waals surface area contributed by atoms with E-state index in [4.69, 9.17) is 19.6 Å². The van der Waals surface area contributed by atoms with Crippen molar-refractivity contribution in [3.8, 4) is 11.5 Å². The number of benzene rings is 2. The van der Waals surface area contributed by atoms with Crippen molar-refractivity contribution in [1.82, 2.24) is 10.2 Å². The van der Waals surface area contributed by atoms with Gasteiger partial charge in [-0.1, -0.05) is 30.3 Å². The minimum atomic E-state index is -0.0333. The molecular weight excluding hydrogens is 481 g/mol. The zero-order chi connectivity index (χ0) is 20.4. The summed E-state index contributed by atoms with van der Waals surface area (Å²) in [6, 6.07) is 14.1. The van der Waals surface area contributed by atoms with Gasteiger partial charge in [0.15, 0.2) is 17.5 Å². The molecule has 0 unspecified atom stereocenters. The largest absolute Gasteiger partial charge is 0.493 e. The van der Waals surface area contributed by atoms with E-state index in [0.717, 1.165) is 24.6 Å². The van der Waals surface area contributed by atoms with E-state index in [2.05, 4.69) is 48.3 Å². The summed E-state index contributed by atoms with van der Waals surface area (Å²) in [5, 5.41) is 12.3. The normalized spacial score (nSPS) is 10.9. The van der Waals surface area contributed by atoms with Gasteiger partial charge in [0.2, 0.25) is 0 Å². The van der Waals surface area contributed by atoms with Crippen molar-refractivity contribution in [3.05, 3.63) is 59.2 Å². The van der Waals surface area contributed by atoms with Crippen molar-refractivity contribution in [1.29, 1.82) is 0 Å². The smallest absolute Gasteiger partial charge is 0.194 e. The lowest BCUT2D eigenvalue weighted by Gasteiger charge is -2.23. The molecule has 160 valence electrons. The van der Waals surface area contributed by atoms with Crippen LogP contribution >= 0.6 is 24.0 Å². The van der Waals surface area contributed by atoms with Gasteiger partial charge in [-0.15, -0.1) is 24.0 Å². The number of nitrogens with one attached hydrogen (secondary N) is 1. The molecule has 0 atom stereocenters. The van der Waals surface area contributed by atoms with Gasteiger partial charge in [0.1, 0.15) is 6.61 Å². The molecule has 0 spiro atoms. The minimum absolute atomic E-state index is 0. The van der Waals surface area contributed by atoms with Crippen LogP contribution < -0.4 is 14.8 Å². The second-order valence-electron chi connectivity index (χ2n) is 6.51. The Morgan fingerprint density at radius 1 is 1.17 bits per heavy atom. The molecular formula is C22H32IN3O3. The van der Waals surface area contributed by atoms with E-state index in [1.54, 1.807) is 7.11 Å². The number of aliphatic hydroxyl groups excluding tert-OH is 1. The second kappa shape index (κ2) is 13.3. The number of halogens is 1. The number of methoxy groups -OCH3 is 1. The van der Waals surface area contributed by atoms with Crippen molar-refractivity contribution in [3.63, 3.8) is 0 Å². The van der Waals surface area contributed by atoms with Crippen LogP contribution in [-0.4, -0.2) is 49.9 Å². The quantitative estimate of drug-likeness (QED) is 0.305. The van der Waals surface area contributed by atoms with Crippen LogP contribution in [0.3, 0.4) is 0 Å². The van der Waals surface area contributed by atoms with E-state index < -0.39 is 0 Å². The van der Waals surface area contributed by atoms with Crippen molar-refractivity contribution in [2.45, 2.75) is 26.9 Å². The van der Waals surface area contributed by atoms with Gasteiger partial charge in [-0.2, -0.15) is 0 Å². The number of guanidine groups is 1. The molecule has 0 fully saturated rings. The Morgan fingerprint density at radius 3 is 2.59 bits per heavy atom. The highest BCUT2D eigenvalue weighted by atomic mass is 127. The van der Waals surface area contributed by atoms with E-state index in [1.807, 2.05) is 25.2 Å². The predicted molar refractivity (Wildman–Crippen MR) is 128 cm³/mol. The first-order chi connectivity index (χ1) is 13.6. The SMILES string of the molecule is CCNC(=NCc1ccc(OCCO)c(OC)c1)N(C)Cc1ccccc1C.I.